The Labute approximate surface area is 140 Å². The van der Waals surface area contributed by atoms with E-state index in [1.54, 1.807) is 6.07 Å². The summed E-state index contributed by atoms with van der Waals surface area (Å²) in [6.07, 6.45) is 0.875. The number of nitrogens with zero attached hydrogens (tertiary/aromatic N) is 1. The van der Waals surface area contributed by atoms with Crippen molar-refractivity contribution in [2.45, 2.75) is 12.3 Å². The average Bonchev–Trinajstić information content (AvgIpc) is 3.28. The van der Waals surface area contributed by atoms with Gasteiger partial charge < -0.3 is 10.1 Å². The van der Waals surface area contributed by atoms with E-state index in [4.69, 9.17) is 27.9 Å². The van der Waals surface area contributed by atoms with Crippen molar-refractivity contribution in [3.63, 3.8) is 0 Å². The fraction of sp³-hybridized carbons (Fsp3) is 0.562. The second kappa shape index (κ2) is 7.18. The summed E-state index contributed by atoms with van der Waals surface area (Å²) in [5.74, 6) is 0.438. The number of halogens is 2. The smallest absolute Gasteiger partial charge is 0.223 e. The van der Waals surface area contributed by atoms with Gasteiger partial charge in [-0.2, -0.15) is 0 Å². The van der Waals surface area contributed by atoms with E-state index in [1.807, 2.05) is 12.1 Å². The molecule has 0 radical (unpaired) electrons. The van der Waals surface area contributed by atoms with E-state index in [9.17, 15) is 4.79 Å². The fourth-order valence-corrected chi connectivity index (χ4v) is 3.48. The highest BCUT2D eigenvalue weighted by molar-refractivity contribution is 6.34. The van der Waals surface area contributed by atoms with Gasteiger partial charge in [0.1, 0.15) is 0 Å². The van der Waals surface area contributed by atoms with E-state index in [2.05, 4.69) is 10.2 Å². The minimum Gasteiger partial charge on any atom is -0.379 e. The molecule has 1 aliphatic heterocycles. The van der Waals surface area contributed by atoms with Crippen LogP contribution in [-0.4, -0.2) is 50.2 Å². The summed E-state index contributed by atoms with van der Waals surface area (Å²) >= 11 is 12.0. The Balaban J connectivity index is 1.44. The number of hydrogen-bond acceptors (Lipinski definition) is 3. The summed E-state index contributed by atoms with van der Waals surface area (Å²) in [7, 11) is 0. The molecule has 1 aromatic carbocycles. The van der Waals surface area contributed by atoms with Crippen LogP contribution in [0.2, 0.25) is 10.0 Å². The van der Waals surface area contributed by atoms with Crippen molar-refractivity contribution >= 4 is 29.1 Å². The standard InChI is InChI=1S/C16H20Cl2N2O2/c17-12-7-11(8-13(18)9-12)14-10-15(14)16(21)19-1-2-20-3-5-22-6-4-20/h7-9,14-15H,1-6,10H2,(H,19,21)/t14-,15-/m0/s1. The van der Waals surface area contributed by atoms with Crippen molar-refractivity contribution in [3.8, 4) is 0 Å². The molecule has 6 heteroatoms. The van der Waals surface area contributed by atoms with E-state index in [0.717, 1.165) is 44.8 Å². The molecule has 0 unspecified atom stereocenters. The molecule has 2 atom stereocenters. The molecule has 1 aromatic rings. The van der Waals surface area contributed by atoms with Crippen LogP contribution < -0.4 is 5.32 Å². The number of carbonyl (C=O) groups excluding carboxylic acids is 1. The highest BCUT2D eigenvalue weighted by Crippen LogP contribution is 2.48. The molecule has 1 N–H and O–H groups in total. The average molecular weight is 343 g/mol. The number of benzene rings is 1. The lowest BCUT2D eigenvalue weighted by Crippen LogP contribution is -2.41. The number of nitrogens with one attached hydrogen (secondary N) is 1. The van der Waals surface area contributed by atoms with Crippen molar-refractivity contribution in [2.75, 3.05) is 39.4 Å². The van der Waals surface area contributed by atoms with Gasteiger partial charge in [-0.05, 0) is 36.1 Å². The number of morpholine rings is 1. The lowest BCUT2D eigenvalue weighted by Gasteiger charge is -2.26. The van der Waals surface area contributed by atoms with Gasteiger partial charge in [0.25, 0.3) is 0 Å². The molecular formula is C16H20Cl2N2O2. The maximum atomic E-state index is 12.2. The highest BCUT2D eigenvalue weighted by atomic mass is 35.5. The molecule has 1 heterocycles. The van der Waals surface area contributed by atoms with Gasteiger partial charge in [-0.15, -0.1) is 0 Å². The summed E-state index contributed by atoms with van der Waals surface area (Å²) in [6.45, 7) is 5.04. The van der Waals surface area contributed by atoms with E-state index in [-0.39, 0.29) is 17.7 Å². The summed E-state index contributed by atoms with van der Waals surface area (Å²) < 4.78 is 5.31. The third-order valence-corrected chi connectivity index (χ3v) is 4.71. The third kappa shape index (κ3) is 4.13. The molecule has 2 aliphatic rings. The van der Waals surface area contributed by atoms with Crippen molar-refractivity contribution in [1.82, 2.24) is 10.2 Å². The Kier molecular flexibility index (Phi) is 5.24. The lowest BCUT2D eigenvalue weighted by molar-refractivity contribution is -0.122. The molecule has 1 saturated carbocycles. The summed E-state index contributed by atoms with van der Waals surface area (Å²) in [5.41, 5.74) is 1.06. The Bertz CT molecular complexity index is 527. The zero-order valence-electron chi connectivity index (χ0n) is 12.4. The van der Waals surface area contributed by atoms with E-state index < -0.39 is 0 Å². The van der Waals surface area contributed by atoms with Crippen LogP contribution in [-0.2, 0) is 9.53 Å². The van der Waals surface area contributed by atoms with Gasteiger partial charge in [0.15, 0.2) is 0 Å². The molecular weight excluding hydrogens is 323 g/mol. The van der Waals surface area contributed by atoms with Gasteiger partial charge in [-0.25, -0.2) is 0 Å². The number of ether oxygens (including phenoxy) is 1. The molecule has 1 aliphatic carbocycles. The second-order valence-corrected chi connectivity index (χ2v) is 6.77. The van der Waals surface area contributed by atoms with E-state index in [0.29, 0.717) is 16.6 Å². The number of hydrogen-bond donors (Lipinski definition) is 1. The fourth-order valence-electron chi connectivity index (χ4n) is 2.94. The number of rotatable bonds is 5. The van der Waals surface area contributed by atoms with Gasteiger partial charge in [-0.3, -0.25) is 9.69 Å². The minimum absolute atomic E-state index is 0.0548. The van der Waals surface area contributed by atoms with Gasteiger partial charge >= 0.3 is 0 Å². The molecule has 4 nitrogen and oxygen atoms in total. The minimum atomic E-state index is 0.0548. The number of amides is 1. The van der Waals surface area contributed by atoms with E-state index in [1.165, 1.54) is 0 Å². The largest absolute Gasteiger partial charge is 0.379 e. The monoisotopic (exact) mass is 342 g/mol. The zero-order valence-corrected chi connectivity index (χ0v) is 13.9. The van der Waals surface area contributed by atoms with Gasteiger partial charge in [0.2, 0.25) is 5.91 Å². The van der Waals surface area contributed by atoms with Crippen LogP contribution in [0.3, 0.4) is 0 Å². The SMILES string of the molecule is O=C(NCCN1CCOCC1)[C@H]1C[C@H]1c1cc(Cl)cc(Cl)c1. The van der Waals surface area contributed by atoms with Crippen molar-refractivity contribution in [1.29, 1.82) is 0 Å². The number of carbonyl (C=O) groups is 1. The quantitative estimate of drug-likeness (QED) is 0.893. The Morgan fingerprint density at radius 2 is 1.91 bits per heavy atom. The first-order chi connectivity index (χ1) is 10.6. The Morgan fingerprint density at radius 3 is 2.59 bits per heavy atom. The van der Waals surface area contributed by atoms with Gasteiger partial charge in [0.05, 0.1) is 13.2 Å². The molecule has 1 amide bonds. The molecule has 0 spiro atoms. The first-order valence-electron chi connectivity index (χ1n) is 7.67. The predicted molar refractivity (Wildman–Crippen MR) is 87.6 cm³/mol. The van der Waals surface area contributed by atoms with Crippen LogP contribution in [0.15, 0.2) is 18.2 Å². The second-order valence-electron chi connectivity index (χ2n) is 5.90. The highest BCUT2D eigenvalue weighted by Gasteiger charge is 2.43. The molecule has 2 fully saturated rings. The van der Waals surface area contributed by atoms with Crippen LogP contribution in [0, 0.1) is 5.92 Å². The molecule has 120 valence electrons. The summed E-state index contributed by atoms with van der Waals surface area (Å²) in [6, 6.07) is 5.52. The van der Waals surface area contributed by atoms with Crippen LogP contribution in [0.1, 0.15) is 17.9 Å². The molecule has 0 aromatic heterocycles. The van der Waals surface area contributed by atoms with Crippen LogP contribution in [0.25, 0.3) is 0 Å². The Morgan fingerprint density at radius 1 is 1.23 bits per heavy atom. The van der Waals surface area contributed by atoms with Gasteiger partial charge in [-0.1, -0.05) is 23.2 Å². The summed E-state index contributed by atoms with van der Waals surface area (Å²) in [5, 5.41) is 4.29. The van der Waals surface area contributed by atoms with Crippen molar-refractivity contribution < 1.29 is 9.53 Å². The van der Waals surface area contributed by atoms with Crippen LogP contribution in [0.4, 0.5) is 0 Å². The van der Waals surface area contributed by atoms with E-state index >= 15 is 0 Å². The molecule has 3 rings (SSSR count). The van der Waals surface area contributed by atoms with Gasteiger partial charge in [0, 0.05) is 42.1 Å². The Hall–Kier alpha value is -0.810. The van der Waals surface area contributed by atoms with Crippen LogP contribution >= 0.6 is 23.2 Å². The van der Waals surface area contributed by atoms with Crippen molar-refractivity contribution in [3.05, 3.63) is 33.8 Å². The maximum absolute atomic E-state index is 12.2. The maximum Gasteiger partial charge on any atom is 0.223 e. The predicted octanol–water partition coefficient (Wildman–Crippen LogP) is 2.55. The normalized spacial score (nSPS) is 25.0. The first-order valence-corrected chi connectivity index (χ1v) is 8.43. The zero-order chi connectivity index (χ0) is 15.5. The van der Waals surface area contributed by atoms with Crippen LogP contribution in [0.5, 0.6) is 0 Å². The molecule has 0 bridgehead atoms. The third-order valence-electron chi connectivity index (χ3n) is 4.27. The molecule has 22 heavy (non-hydrogen) atoms. The lowest BCUT2D eigenvalue weighted by atomic mass is 10.1. The topological polar surface area (TPSA) is 41.6 Å². The summed E-state index contributed by atoms with van der Waals surface area (Å²) in [4.78, 5) is 14.5. The van der Waals surface area contributed by atoms with Crippen molar-refractivity contribution in [2.24, 2.45) is 5.92 Å². The molecule has 1 saturated heterocycles. The first kappa shape index (κ1) is 16.1.